The second-order valence-electron chi connectivity index (χ2n) is 5.56. The lowest BCUT2D eigenvalue weighted by Crippen LogP contribution is -2.39. The van der Waals surface area contributed by atoms with Crippen molar-refractivity contribution in [1.29, 1.82) is 0 Å². The molecule has 1 aliphatic heterocycles. The molecule has 1 heterocycles. The van der Waals surface area contributed by atoms with Crippen LogP contribution in [0, 0.1) is 11.8 Å². The second kappa shape index (κ2) is 4.71. The van der Waals surface area contributed by atoms with Gasteiger partial charge in [-0.1, -0.05) is 19.1 Å². The molecule has 0 N–H and O–H groups in total. The Bertz CT molecular complexity index is 487. The van der Waals surface area contributed by atoms with Crippen molar-refractivity contribution in [2.24, 2.45) is 11.8 Å². The Morgan fingerprint density at radius 2 is 2.05 bits per heavy atom. The van der Waals surface area contributed by atoms with Gasteiger partial charge in [-0.25, -0.2) is 0 Å². The highest BCUT2D eigenvalue weighted by molar-refractivity contribution is 6.24. The molecule has 0 bridgehead atoms. The fourth-order valence-electron chi connectivity index (χ4n) is 3.13. The van der Waals surface area contributed by atoms with Gasteiger partial charge in [0.1, 0.15) is 5.75 Å². The highest BCUT2D eigenvalue weighted by Crippen LogP contribution is 2.51. The summed E-state index contributed by atoms with van der Waals surface area (Å²) in [6.07, 6.45) is 0.626. The lowest BCUT2D eigenvalue weighted by Gasteiger charge is -2.29. The summed E-state index contributed by atoms with van der Waals surface area (Å²) < 4.78 is 5.14. The van der Waals surface area contributed by atoms with Gasteiger partial charge < -0.3 is 9.64 Å². The molecule has 1 amide bonds. The molecule has 3 nitrogen and oxygen atoms in total. The Balaban J connectivity index is 1.73. The molecule has 4 atom stereocenters. The molecular formula is C15H18ClNO2. The summed E-state index contributed by atoms with van der Waals surface area (Å²) in [5.74, 6) is 1.97. The predicted octanol–water partition coefficient (Wildman–Crippen LogP) is 2.67. The maximum absolute atomic E-state index is 12.2. The van der Waals surface area contributed by atoms with Crippen molar-refractivity contribution in [3.63, 3.8) is 0 Å². The first kappa shape index (κ1) is 12.8. The standard InChI is InChI=1S/C15H18ClNO2/c1-9-7-12(18)17(15-13(9)14(15)16)8-10-3-5-11(19-2)6-4-10/h3-6,9,13-15H,7-8H2,1-2H3. The fourth-order valence-corrected chi connectivity index (χ4v) is 3.74. The predicted molar refractivity (Wildman–Crippen MR) is 74.2 cm³/mol. The minimum Gasteiger partial charge on any atom is -0.497 e. The number of amides is 1. The highest BCUT2D eigenvalue weighted by Gasteiger charge is 2.59. The van der Waals surface area contributed by atoms with Gasteiger partial charge in [-0.2, -0.15) is 0 Å². The number of hydrogen-bond donors (Lipinski definition) is 0. The lowest BCUT2D eigenvalue weighted by molar-refractivity contribution is -0.135. The topological polar surface area (TPSA) is 29.5 Å². The van der Waals surface area contributed by atoms with E-state index in [9.17, 15) is 4.79 Å². The van der Waals surface area contributed by atoms with Gasteiger partial charge in [-0.05, 0) is 23.6 Å². The van der Waals surface area contributed by atoms with Crippen molar-refractivity contribution >= 4 is 17.5 Å². The molecule has 1 saturated heterocycles. The van der Waals surface area contributed by atoms with Gasteiger partial charge in [0.15, 0.2) is 0 Å². The minimum atomic E-state index is 0.139. The number of halogens is 1. The van der Waals surface area contributed by atoms with Gasteiger partial charge in [-0.15, -0.1) is 11.6 Å². The summed E-state index contributed by atoms with van der Waals surface area (Å²) in [7, 11) is 1.65. The average Bonchev–Trinajstić information content (AvgIpc) is 3.07. The van der Waals surface area contributed by atoms with Gasteiger partial charge in [-0.3, -0.25) is 4.79 Å². The lowest BCUT2D eigenvalue weighted by atomic mass is 9.97. The van der Waals surface area contributed by atoms with Gasteiger partial charge in [0, 0.05) is 18.9 Å². The van der Waals surface area contributed by atoms with E-state index in [-0.39, 0.29) is 17.3 Å². The van der Waals surface area contributed by atoms with Crippen molar-refractivity contribution in [3.8, 4) is 5.75 Å². The molecule has 4 heteroatoms. The summed E-state index contributed by atoms with van der Waals surface area (Å²) in [5.41, 5.74) is 1.12. The maximum atomic E-state index is 12.2. The first-order chi connectivity index (χ1) is 9.11. The summed E-state index contributed by atoms with van der Waals surface area (Å²) >= 11 is 6.31. The van der Waals surface area contributed by atoms with Crippen molar-refractivity contribution < 1.29 is 9.53 Å². The molecule has 4 unspecified atom stereocenters. The number of fused-ring (bicyclic) bond motifs is 1. The summed E-state index contributed by atoms with van der Waals surface area (Å²) in [4.78, 5) is 14.1. The molecule has 1 aromatic carbocycles. The highest BCUT2D eigenvalue weighted by atomic mass is 35.5. The van der Waals surface area contributed by atoms with Gasteiger partial charge in [0.05, 0.1) is 18.5 Å². The summed E-state index contributed by atoms with van der Waals surface area (Å²) in [5, 5.41) is 0.139. The van der Waals surface area contributed by atoms with E-state index >= 15 is 0 Å². The van der Waals surface area contributed by atoms with Crippen LogP contribution in [0.1, 0.15) is 18.9 Å². The van der Waals surface area contributed by atoms with Crippen LogP contribution >= 0.6 is 11.6 Å². The van der Waals surface area contributed by atoms with Crippen LogP contribution in [-0.4, -0.2) is 29.3 Å². The Morgan fingerprint density at radius 1 is 1.37 bits per heavy atom. The van der Waals surface area contributed by atoms with Crippen LogP contribution in [-0.2, 0) is 11.3 Å². The molecule has 0 aromatic heterocycles. The van der Waals surface area contributed by atoms with Crippen LogP contribution in [0.4, 0.5) is 0 Å². The molecule has 1 aliphatic carbocycles. The normalized spacial score (nSPS) is 33.0. The molecule has 1 saturated carbocycles. The summed E-state index contributed by atoms with van der Waals surface area (Å²) in [6.45, 7) is 2.78. The molecule has 0 radical (unpaired) electrons. The smallest absolute Gasteiger partial charge is 0.223 e. The van der Waals surface area contributed by atoms with E-state index < -0.39 is 0 Å². The molecule has 2 aliphatic rings. The molecule has 0 spiro atoms. The first-order valence-corrected chi connectivity index (χ1v) is 7.12. The van der Waals surface area contributed by atoms with E-state index in [0.717, 1.165) is 11.3 Å². The molecule has 3 rings (SSSR count). The Kier molecular flexibility index (Phi) is 3.17. The third-order valence-electron chi connectivity index (χ3n) is 4.29. The average molecular weight is 280 g/mol. The largest absolute Gasteiger partial charge is 0.497 e. The number of methoxy groups -OCH3 is 1. The SMILES string of the molecule is COc1ccc(CN2C(=O)CC(C)C3C(Cl)C32)cc1. The van der Waals surface area contributed by atoms with E-state index in [1.807, 2.05) is 29.2 Å². The fraction of sp³-hybridized carbons (Fsp3) is 0.533. The third kappa shape index (κ3) is 2.20. The number of piperidine rings is 1. The second-order valence-corrected chi connectivity index (χ2v) is 6.07. The van der Waals surface area contributed by atoms with Gasteiger partial charge >= 0.3 is 0 Å². The number of ether oxygens (including phenoxy) is 1. The zero-order valence-corrected chi connectivity index (χ0v) is 11.9. The van der Waals surface area contributed by atoms with Crippen LogP contribution in [0.3, 0.4) is 0 Å². The zero-order valence-electron chi connectivity index (χ0n) is 11.2. The monoisotopic (exact) mass is 279 g/mol. The number of carbonyl (C=O) groups excluding carboxylic acids is 1. The van der Waals surface area contributed by atoms with Crippen LogP contribution in [0.5, 0.6) is 5.75 Å². The van der Waals surface area contributed by atoms with Gasteiger partial charge in [0.2, 0.25) is 5.91 Å². The van der Waals surface area contributed by atoms with Gasteiger partial charge in [0.25, 0.3) is 0 Å². The van der Waals surface area contributed by atoms with E-state index in [2.05, 4.69) is 6.92 Å². The van der Waals surface area contributed by atoms with Crippen LogP contribution < -0.4 is 4.74 Å². The number of carbonyl (C=O) groups is 1. The minimum absolute atomic E-state index is 0.139. The van der Waals surface area contributed by atoms with Crippen LogP contribution in [0.15, 0.2) is 24.3 Å². The van der Waals surface area contributed by atoms with E-state index in [4.69, 9.17) is 16.3 Å². The zero-order chi connectivity index (χ0) is 13.6. The number of hydrogen-bond acceptors (Lipinski definition) is 2. The van der Waals surface area contributed by atoms with Crippen LogP contribution in [0.25, 0.3) is 0 Å². The summed E-state index contributed by atoms with van der Waals surface area (Å²) in [6, 6.07) is 8.10. The molecule has 2 fully saturated rings. The van der Waals surface area contributed by atoms with Crippen LogP contribution in [0.2, 0.25) is 0 Å². The Hall–Kier alpha value is -1.22. The van der Waals surface area contributed by atoms with Crippen molar-refractivity contribution in [2.75, 3.05) is 7.11 Å². The number of alkyl halides is 1. The van der Waals surface area contributed by atoms with E-state index in [0.29, 0.717) is 24.8 Å². The Morgan fingerprint density at radius 3 is 2.68 bits per heavy atom. The quantitative estimate of drug-likeness (QED) is 0.796. The number of rotatable bonds is 3. The number of benzene rings is 1. The maximum Gasteiger partial charge on any atom is 0.223 e. The molecule has 1 aromatic rings. The molecule has 19 heavy (non-hydrogen) atoms. The van der Waals surface area contributed by atoms with E-state index in [1.54, 1.807) is 7.11 Å². The first-order valence-electron chi connectivity index (χ1n) is 6.68. The van der Waals surface area contributed by atoms with Crippen molar-refractivity contribution in [1.82, 2.24) is 4.90 Å². The van der Waals surface area contributed by atoms with Crippen molar-refractivity contribution in [2.45, 2.75) is 31.3 Å². The molecule has 102 valence electrons. The van der Waals surface area contributed by atoms with E-state index in [1.165, 1.54) is 0 Å². The number of likely N-dealkylation sites (tertiary alicyclic amines) is 1. The Labute approximate surface area is 118 Å². The number of nitrogens with zero attached hydrogens (tertiary/aromatic N) is 1. The van der Waals surface area contributed by atoms with Crippen molar-refractivity contribution in [3.05, 3.63) is 29.8 Å². The molecular weight excluding hydrogens is 262 g/mol. The third-order valence-corrected chi connectivity index (χ3v) is 4.84.